The van der Waals surface area contributed by atoms with E-state index in [0.717, 1.165) is 17.8 Å². The highest BCUT2D eigenvalue weighted by atomic mass is 79.9. The maximum Gasteiger partial charge on any atom is 0.406 e. The van der Waals surface area contributed by atoms with Gasteiger partial charge in [0, 0.05) is 43.4 Å². The van der Waals surface area contributed by atoms with Crippen molar-refractivity contribution in [3.63, 3.8) is 0 Å². The number of rotatable bonds is 12. The van der Waals surface area contributed by atoms with Crippen molar-refractivity contribution < 1.29 is 18.5 Å². The molecule has 0 aliphatic heterocycles. The Morgan fingerprint density at radius 2 is 1.93 bits per heavy atom. The maximum absolute atomic E-state index is 15.0. The third kappa shape index (κ3) is 7.67. The van der Waals surface area contributed by atoms with E-state index in [-0.39, 0.29) is 17.4 Å². The highest BCUT2D eigenvalue weighted by molar-refractivity contribution is 9.10. The van der Waals surface area contributed by atoms with Gasteiger partial charge in [0.05, 0.1) is 22.5 Å². The zero-order valence-electron chi connectivity index (χ0n) is 26.7. The summed E-state index contributed by atoms with van der Waals surface area (Å²) < 4.78 is 30.5. The van der Waals surface area contributed by atoms with Crippen LogP contribution < -0.4 is 4.74 Å². The summed E-state index contributed by atoms with van der Waals surface area (Å²) in [6.45, 7) is 13.5. The molecular formula is C31H39BrFN7O4Si. The van der Waals surface area contributed by atoms with Crippen LogP contribution >= 0.6 is 15.9 Å². The van der Waals surface area contributed by atoms with Crippen molar-refractivity contribution in [1.29, 1.82) is 0 Å². The number of benzene rings is 1. The Labute approximate surface area is 271 Å². The number of nitro groups is 1. The van der Waals surface area contributed by atoms with Crippen molar-refractivity contribution in [1.82, 2.24) is 29.8 Å². The van der Waals surface area contributed by atoms with E-state index >= 15 is 4.39 Å². The summed E-state index contributed by atoms with van der Waals surface area (Å²) in [6.07, 6.45) is 5.41. The van der Waals surface area contributed by atoms with Crippen LogP contribution in [0, 0.1) is 28.8 Å². The van der Waals surface area contributed by atoms with Gasteiger partial charge in [0.2, 0.25) is 5.75 Å². The van der Waals surface area contributed by atoms with E-state index in [9.17, 15) is 10.1 Å². The van der Waals surface area contributed by atoms with Crippen molar-refractivity contribution >= 4 is 30.1 Å². The second-order valence-electron chi connectivity index (χ2n) is 13.2. The predicted molar refractivity (Wildman–Crippen MR) is 174 cm³/mol. The third-order valence-corrected chi connectivity index (χ3v) is 13.5. The van der Waals surface area contributed by atoms with Gasteiger partial charge in [-0.3, -0.25) is 4.68 Å². The van der Waals surface area contributed by atoms with Crippen LogP contribution in [0.25, 0.3) is 11.3 Å². The zero-order chi connectivity index (χ0) is 32.7. The van der Waals surface area contributed by atoms with Gasteiger partial charge in [-0.05, 0) is 93.4 Å². The molecule has 0 spiro atoms. The Bertz CT molecular complexity index is 1710. The molecule has 1 unspecified atom stereocenters. The highest BCUT2D eigenvalue weighted by Crippen LogP contribution is 2.40. The minimum absolute atomic E-state index is 0.0270. The first-order valence-corrected chi connectivity index (χ1v) is 18.6. The van der Waals surface area contributed by atoms with E-state index in [2.05, 4.69) is 66.1 Å². The van der Waals surface area contributed by atoms with Crippen LogP contribution in [0.15, 0.2) is 41.1 Å². The second-order valence-corrected chi connectivity index (χ2v) is 18.9. The number of hydrogen-bond donors (Lipinski definition) is 0. The predicted octanol–water partition coefficient (Wildman–Crippen LogP) is 7.33. The molecular weight excluding hydrogens is 661 g/mol. The smallest absolute Gasteiger partial charge is 0.406 e. The van der Waals surface area contributed by atoms with Crippen LogP contribution in [0.1, 0.15) is 62.2 Å². The van der Waals surface area contributed by atoms with Crippen molar-refractivity contribution in [2.75, 3.05) is 6.61 Å². The van der Waals surface area contributed by atoms with E-state index in [1.807, 2.05) is 11.6 Å². The minimum atomic E-state index is -2.32. The monoisotopic (exact) mass is 699 g/mol. The van der Waals surface area contributed by atoms with Gasteiger partial charge in [-0.2, -0.15) is 20.1 Å². The normalized spacial score (nSPS) is 14.5. The molecule has 0 saturated heterocycles. The number of hydrogen-bond acceptors (Lipinski definition) is 8. The molecule has 0 N–H and O–H groups in total. The van der Waals surface area contributed by atoms with Crippen molar-refractivity contribution in [3.8, 4) is 17.0 Å². The first-order chi connectivity index (χ1) is 21.1. The SMILES string of the molecule is Cc1nn(CC2CC2)cc1Cc1nn(C)nc1-c1ccc(F)cc1C(CO[Si](C)(C)C(C)(C)C)Oc1cc(Br)cnc1[N+](=O)[O-]. The molecule has 3 aromatic heterocycles. The quantitative estimate of drug-likeness (QED) is 0.0855. The van der Waals surface area contributed by atoms with Gasteiger partial charge in [-0.15, -0.1) is 0 Å². The fourth-order valence-electron chi connectivity index (χ4n) is 4.84. The van der Waals surface area contributed by atoms with E-state index in [0.29, 0.717) is 39.3 Å². The van der Waals surface area contributed by atoms with Gasteiger partial charge in [-0.1, -0.05) is 20.8 Å². The van der Waals surface area contributed by atoms with Crippen molar-refractivity contribution in [2.24, 2.45) is 13.0 Å². The molecule has 1 aliphatic rings. The molecule has 1 atom stereocenters. The fraction of sp³-hybridized carbons (Fsp3) is 0.484. The molecule has 45 heavy (non-hydrogen) atoms. The average molecular weight is 701 g/mol. The van der Waals surface area contributed by atoms with E-state index < -0.39 is 31.0 Å². The van der Waals surface area contributed by atoms with Crippen LogP contribution in [-0.2, 0) is 24.4 Å². The second kappa shape index (κ2) is 12.7. The molecule has 1 aromatic carbocycles. The molecule has 4 aromatic rings. The molecule has 1 saturated carbocycles. The summed E-state index contributed by atoms with van der Waals surface area (Å²) in [7, 11) is -0.577. The number of ether oxygens (including phenoxy) is 1. The van der Waals surface area contributed by atoms with Crippen molar-refractivity contribution in [2.45, 2.75) is 77.7 Å². The number of pyridine rings is 1. The van der Waals surface area contributed by atoms with Crippen LogP contribution in [0.4, 0.5) is 10.2 Å². The third-order valence-electron chi connectivity index (χ3n) is 8.59. The number of aromatic nitrogens is 6. The molecule has 5 rings (SSSR count). The Hall–Kier alpha value is -3.49. The van der Waals surface area contributed by atoms with Crippen LogP contribution in [0.2, 0.25) is 18.1 Å². The Morgan fingerprint density at radius 3 is 2.60 bits per heavy atom. The summed E-state index contributed by atoms with van der Waals surface area (Å²) in [5.41, 5.74) is 4.24. The Morgan fingerprint density at radius 1 is 1.20 bits per heavy atom. The molecule has 3 heterocycles. The Balaban J connectivity index is 1.57. The molecule has 14 heteroatoms. The first-order valence-electron chi connectivity index (χ1n) is 14.9. The lowest BCUT2D eigenvalue weighted by atomic mass is 9.97. The largest absolute Gasteiger partial charge is 0.475 e. The fourth-order valence-corrected chi connectivity index (χ4v) is 6.15. The molecule has 1 aliphatic carbocycles. The van der Waals surface area contributed by atoms with Crippen LogP contribution in [-0.4, -0.2) is 49.6 Å². The van der Waals surface area contributed by atoms with E-state index in [1.165, 1.54) is 42.0 Å². The van der Waals surface area contributed by atoms with E-state index in [4.69, 9.17) is 19.4 Å². The summed E-state index contributed by atoms with van der Waals surface area (Å²) >= 11 is 3.34. The lowest BCUT2D eigenvalue weighted by Gasteiger charge is -2.37. The van der Waals surface area contributed by atoms with Gasteiger partial charge >= 0.3 is 5.82 Å². The summed E-state index contributed by atoms with van der Waals surface area (Å²) in [6, 6.07) is 5.88. The number of aryl methyl sites for hydroxylation is 2. The molecule has 1 fully saturated rings. The highest BCUT2D eigenvalue weighted by Gasteiger charge is 2.39. The molecule has 0 amide bonds. The molecule has 240 valence electrons. The van der Waals surface area contributed by atoms with E-state index in [1.54, 1.807) is 13.1 Å². The lowest BCUT2D eigenvalue weighted by Crippen LogP contribution is -2.42. The summed E-state index contributed by atoms with van der Waals surface area (Å²) in [4.78, 5) is 16.7. The van der Waals surface area contributed by atoms with Gasteiger partial charge < -0.3 is 19.3 Å². The number of halogens is 2. The summed E-state index contributed by atoms with van der Waals surface area (Å²) in [5, 5.41) is 25.9. The maximum atomic E-state index is 15.0. The molecule has 0 radical (unpaired) electrons. The minimum Gasteiger partial charge on any atom is -0.475 e. The van der Waals surface area contributed by atoms with Gasteiger partial charge in [0.1, 0.15) is 17.6 Å². The standard InChI is InChI=1S/C31H39BrFN7O4Si/c1-19-21(17-39(35-19)16-20-8-9-20)12-26-29(37-38(5)36-26)24-11-10-23(33)14-25(24)28(18-43-45(6,7)31(2,3)4)44-27-13-22(32)15-34-30(27)40(41)42/h10-11,13-15,17,20,28H,8-9,12,16,18H2,1-7H3. The van der Waals surface area contributed by atoms with Gasteiger partial charge in [0.25, 0.3) is 0 Å². The average Bonchev–Trinajstić information content (AvgIpc) is 3.59. The topological polar surface area (TPSA) is 123 Å². The van der Waals surface area contributed by atoms with Crippen LogP contribution in [0.3, 0.4) is 0 Å². The Kier molecular flexibility index (Phi) is 9.29. The van der Waals surface area contributed by atoms with Crippen molar-refractivity contribution in [3.05, 3.63) is 79.6 Å². The first kappa shape index (κ1) is 32.9. The number of nitrogens with zero attached hydrogens (tertiary/aromatic N) is 7. The van der Waals surface area contributed by atoms with Gasteiger partial charge in [-0.25, -0.2) is 4.39 Å². The lowest BCUT2D eigenvalue weighted by molar-refractivity contribution is -0.390. The van der Waals surface area contributed by atoms with Gasteiger partial charge in [0.15, 0.2) is 14.5 Å². The van der Waals surface area contributed by atoms with Crippen LogP contribution in [0.5, 0.6) is 5.75 Å². The summed E-state index contributed by atoms with van der Waals surface area (Å²) in [5.74, 6) is -0.314. The zero-order valence-corrected chi connectivity index (χ0v) is 29.3. The molecule has 11 nitrogen and oxygen atoms in total. The molecule has 0 bridgehead atoms.